The highest BCUT2D eigenvalue weighted by molar-refractivity contribution is 7.92. The zero-order valence-electron chi connectivity index (χ0n) is 15.7. The van der Waals surface area contributed by atoms with E-state index in [-0.39, 0.29) is 16.8 Å². The number of carbonyl (C=O) groups excluding carboxylic acids is 1. The van der Waals surface area contributed by atoms with E-state index in [0.29, 0.717) is 28.5 Å². The van der Waals surface area contributed by atoms with Crippen LogP contribution in [0, 0.1) is 12.8 Å². The molecule has 7 heteroatoms. The number of hydrogen-bond acceptors (Lipinski definition) is 4. The third kappa shape index (κ3) is 4.42. The van der Waals surface area contributed by atoms with Gasteiger partial charge in [0.1, 0.15) is 5.75 Å². The van der Waals surface area contributed by atoms with Gasteiger partial charge in [0.2, 0.25) is 0 Å². The maximum Gasteiger partial charge on any atom is 0.262 e. The molecular weight excluding hydrogens is 364 g/mol. The van der Waals surface area contributed by atoms with E-state index in [1.54, 1.807) is 43.3 Å². The molecule has 144 valence electrons. The molecule has 1 fully saturated rings. The van der Waals surface area contributed by atoms with Gasteiger partial charge in [-0.25, -0.2) is 8.42 Å². The molecule has 0 saturated heterocycles. The minimum atomic E-state index is -3.88. The van der Waals surface area contributed by atoms with E-state index < -0.39 is 10.0 Å². The number of benzene rings is 2. The summed E-state index contributed by atoms with van der Waals surface area (Å²) in [5.74, 6) is 0.684. The Morgan fingerprint density at radius 1 is 1.19 bits per heavy atom. The molecule has 27 heavy (non-hydrogen) atoms. The molecule has 0 heterocycles. The quantitative estimate of drug-likeness (QED) is 0.762. The standard InChI is InChI=1S/C20H24N2O4S/c1-13-8-9-16(20(23)21-14(2)15-10-11-15)12-19(13)27(24,25)22-17-6-4-5-7-18(17)26-3/h4-9,12,14-15,22H,10-11H2,1-3H3,(H,21,23)/t14-/m0/s1. The minimum absolute atomic E-state index is 0.0696. The number of amides is 1. The van der Waals surface area contributed by atoms with Gasteiger partial charge in [0.15, 0.2) is 0 Å². The van der Waals surface area contributed by atoms with E-state index >= 15 is 0 Å². The van der Waals surface area contributed by atoms with Gasteiger partial charge < -0.3 is 10.1 Å². The van der Waals surface area contributed by atoms with Crippen LogP contribution in [0.2, 0.25) is 0 Å². The average molecular weight is 388 g/mol. The van der Waals surface area contributed by atoms with Crippen LogP contribution in [-0.2, 0) is 10.0 Å². The van der Waals surface area contributed by atoms with Crippen molar-refractivity contribution < 1.29 is 17.9 Å². The fraction of sp³-hybridized carbons (Fsp3) is 0.350. The largest absolute Gasteiger partial charge is 0.495 e. The minimum Gasteiger partial charge on any atom is -0.495 e. The van der Waals surface area contributed by atoms with Crippen LogP contribution in [0.1, 0.15) is 35.7 Å². The van der Waals surface area contributed by atoms with Gasteiger partial charge in [-0.2, -0.15) is 0 Å². The maximum atomic E-state index is 12.9. The van der Waals surface area contributed by atoms with Crippen LogP contribution in [0.5, 0.6) is 5.75 Å². The molecule has 6 nitrogen and oxygen atoms in total. The van der Waals surface area contributed by atoms with Crippen LogP contribution >= 0.6 is 0 Å². The highest BCUT2D eigenvalue weighted by Gasteiger charge is 2.29. The number of hydrogen-bond donors (Lipinski definition) is 2. The van der Waals surface area contributed by atoms with Crippen LogP contribution in [-0.4, -0.2) is 27.5 Å². The number of rotatable bonds is 7. The average Bonchev–Trinajstić information content (AvgIpc) is 3.47. The first kappa shape index (κ1) is 19.2. The van der Waals surface area contributed by atoms with E-state index in [1.165, 1.54) is 13.2 Å². The number of sulfonamides is 1. The predicted octanol–water partition coefficient (Wildman–Crippen LogP) is 3.33. The van der Waals surface area contributed by atoms with Gasteiger partial charge in [-0.3, -0.25) is 9.52 Å². The topological polar surface area (TPSA) is 84.5 Å². The number of ether oxygens (including phenoxy) is 1. The summed E-state index contributed by atoms with van der Waals surface area (Å²) in [5, 5.41) is 2.95. The monoisotopic (exact) mass is 388 g/mol. The Balaban J connectivity index is 1.87. The van der Waals surface area contributed by atoms with E-state index in [2.05, 4.69) is 10.0 Å². The lowest BCUT2D eigenvalue weighted by Gasteiger charge is -2.15. The summed E-state index contributed by atoms with van der Waals surface area (Å²) in [4.78, 5) is 12.6. The van der Waals surface area contributed by atoms with E-state index in [9.17, 15) is 13.2 Å². The third-order valence-electron chi connectivity index (χ3n) is 4.78. The number of aryl methyl sites for hydroxylation is 1. The van der Waals surface area contributed by atoms with Crippen molar-refractivity contribution in [1.29, 1.82) is 0 Å². The van der Waals surface area contributed by atoms with Gasteiger partial charge in [-0.15, -0.1) is 0 Å². The lowest BCUT2D eigenvalue weighted by Crippen LogP contribution is -2.34. The van der Waals surface area contributed by atoms with Crippen molar-refractivity contribution in [3.05, 3.63) is 53.6 Å². The van der Waals surface area contributed by atoms with Crippen molar-refractivity contribution in [1.82, 2.24) is 5.32 Å². The molecule has 1 aliphatic rings. The summed E-state index contributed by atoms with van der Waals surface area (Å²) >= 11 is 0. The zero-order valence-corrected chi connectivity index (χ0v) is 16.5. The first-order chi connectivity index (χ1) is 12.8. The summed E-state index contributed by atoms with van der Waals surface area (Å²) in [7, 11) is -2.40. The summed E-state index contributed by atoms with van der Waals surface area (Å²) in [5.41, 5.74) is 1.23. The number of para-hydroxylation sites is 2. The van der Waals surface area contributed by atoms with Gasteiger partial charge in [-0.1, -0.05) is 18.2 Å². The zero-order chi connectivity index (χ0) is 19.6. The van der Waals surface area contributed by atoms with Crippen LogP contribution in [0.3, 0.4) is 0 Å². The van der Waals surface area contributed by atoms with Crippen LogP contribution < -0.4 is 14.8 Å². The number of anilines is 1. The van der Waals surface area contributed by atoms with Crippen molar-refractivity contribution in [2.24, 2.45) is 5.92 Å². The Hall–Kier alpha value is -2.54. The van der Waals surface area contributed by atoms with E-state index in [1.807, 2.05) is 6.92 Å². The molecule has 2 aromatic carbocycles. The molecule has 0 unspecified atom stereocenters. The molecule has 3 rings (SSSR count). The van der Waals surface area contributed by atoms with Gasteiger partial charge in [0, 0.05) is 11.6 Å². The number of nitrogens with one attached hydrogen (secondary N) is 2. The highest BCUT2D eigenvalue weighted by atomic mass is 32.2. The Kier molecular flexibility index (Phi) is 5.41. The molecular formula is C20H24N2O4S. The second-order valence-electron chi connectivity index (χ2n) is 6.89. The number of methoxy groups -OCH3 is 1. The van der Waals surface area contributed by atoms with Crippen LogP contribution in [0.4, 0.5) is 5.69 Å². The van der Waals surface area contributed by atoms with Crippen molar-refractivity contribution in [3.8, 4) is 5.75 Å². The maximum absolute atomic E-state index is 12.9. The van der Waals surface area contributed by atoms with E-state index in [4.69, 9.17) is 4.74 Å². The summed E-state index contributed by atoms with van der Waals surface area (Å²) in [6.07, 6.45) is 2.25. The third-order valence-corrected chi connectivity index (χ3v) is 6.29. The Morgan fingerprint density at radius 2 is 1.89 bits per heavy atom. The molecule has 0 aliphatic heterocycles. The molecule has 2 aromatic rings. The first-order valence-corrected chi connectivity index (χ1v) is 10.4. The molecule has 0 spiro atoms. The second-order valence-corrected chi connectivity index (χ2v) is 8.54. The van der Waals surface area contributed by atoms with Crippen molar-refractivity contribution in [2.45, 2.75) is 37.6 Å². The lowest BCUT2D eigenvalue weighted by atomic mass is 10.1. The number of carbonyl (C=O) groups is 1. The molecule has 2 N–H and O–H groups in total. The normalized spacial score (nSPS) is 15.1. The molecule has 1 saturated carbocycles. The van der Waals surface area contributed by atoms with Crippen LogP contribution in [0.15, 0.2) is 47.4 Å². The molecule has 1 atom stereocenters. The Morgan fingerprint density at radius 3 is 2.56 bits per heavy atom. The van der Waals surface area contributed by atoms with Gasteiger partial charge in [-0.05, 0) is 62.4 Å². The SMILES string of the molecule is COc1ccccc1NS(=O)(=O)c1cc(C(=O)N[C@@H](C)C2CC2)ccc1C. The van der Waals surface area contributed by atoms with Crippen molar-refractivity contribution >= 4 is 21.6 Å². The fourth-order valence-electron chi connectivity index (χ4n) is 2.96. The van der Waals surface area contributed by atoms with Gasteiger partial charge in [0.05, 0.1) is 17.7 Å². The fourth-order valence-corrected chi connectivity index (χ4v) is 4.31. The van der Waals surface area contributed by atoms with Crippen LogP contribution in [0.25, 0.3) is 0 Å². The Bertz CT molecular complexity index is 952. The summed E-state index contributed by atoms with van der Waals surface area (Å²) in [6.45, 7) is 3.68. The van der Waals surface area contributed by atoms with Crippen molar-refractivity contribution in [2.75, 3.05) is 11.8 Å². The molecule has 0 aromatic heterocycles. The Labute approximate surface area is 160 Å². The lowest BCUT2D eigenvalue weighted by molar-refractivity contribution is 0.0935. The predicted molar refractivity (Wildman–Crippen MR) is 105 cm³/mol. The van der Waals surface area contributed by atoms with Crippen molar-refractivity contribution in [3.63, 3.8) is 0 Å². The second kappa shape index (κ2) is 7.60. The van der Waals surface area contributed by atoms with Gasteiger partial charge >= 0.3 is 0 Å². The smallest absolute Gasteiger partial charge is 0.262 e. The van der Waals surface area contributed by atoms with Gasteiger partial charge in [0.25, 0.3) is 15.9 Å². The molecule has 1 amide bonds. The molecule has 0 radical (unpaired) electrons. The first-order valence-electron chi connectivity index (χ1n) is 8.89. The molecule has 0 bridgehead atoms. The summed E-state index contributed by atoms with van der Waals surface area (Å²) < 4.78 is 33.6. The summed E-state index contributed by atoms with van der Waals surface area (Å²) in [6, 6.07) is 11.6. The highest BCUT2D eigenvalue weighted by Crippen LogP contribution is 2.32. The molecule has 1 aliphatic carbocycles. The van der Waals surface area contributed by atoms with E-state index in [0.717, 1.165) is 12.8 Å².